The van der Waals surface area contributed by atoms with E-state index in [0.717, 1.165) is 0 Å². The molecule has 3 N–H and O–H groups in total. The van der Waals surface area contributed by atoms with Gasteiger partial charge < -0.3 is 5.43 Å². The zero-order valence-electron chi connectivity index (χ0n) is 10.6. The molecule has 0 bridgehead atoms. The van der Waals surface area contributed by atoms with Crippen molar-refractivity contribution in [3.63, 3.8) is 0 Å². The topological polar surface area (TPSA) is 50.9 Å². The van der Waals surface area contributed by atoms with Gasteiger partial charge in [-0.15, -0.1) is 0 Å². The Bertz CT molecular complexity index is 626. The van der Waals surface area contributed by atoms with Crippen LogP contribution >= 0.6 is 0 Å². The van der Waals surface area contributed by atoms with Crippen molar-refractivity contribution in [3.8, 4) is 0 Å². The lowest BCUT2D eigenvalue weighted by atomic mass is 10.0. The fraction of sp³-hybridized carbons (Fsp3) is 0.308. The van der Waals surface area contributed by atoms with Crippen LogP contribution in [0.2, 0.25) is 0 Å². The van der Waals surface area contributed by atoms with Crippen LogP contribution in [0.5, 0.6) is 0 Å². The van der Waals surface area contributed by atoms with Gasteiger partial charge in [0.15, 0.2) is 17.5 Å². The van der Waals surface area contributed by atoms with Crippen LogP contribution < -0.4 is 11.3 Å². The quantitative estimate of drug-likeness (QED) is 0.511. The van der Waals surface area contributed by atoms with Crippen molar-refractivity contribution >= 4 is 16.6 Å². The number of hydrogen-bond acceptors (Lipinski definition) is 3. The molecule has 0 saturated carbocycles. The smallest absolute Gasteiger partial charge is 0.170 e. The number of benzene rings is 1. The standard InChI is InChI=1S/C13H14F3N3/c1-6(2)3-7-4-10(19-17)11-12(16)8(14)5-9(15)13(11)18-7/h4-6H,3,17H2,1-2H3,(H,18,19). The van der Waals surface area contributed by atoms with E-state index in [-0.39, 0.29) is 16.6 Å². The van der Waals surface area contributed by atoms with Gasteiger partial charge in [-0.25, -0.2) is 18.2 Å². The number of nitrogens with one attached hydrogen (secondary N) is 1. The highest BCUT2D eigenvalue weighted by atomic mass is 19.2. The summed E-state index contributed by atoms with van der Waals surface area (Å²) in [4.78, 5) is 4.05. The number of pyridine rings is 1. The molecule has 102 valence electrons. The van der Waals surface area contributed by atoms with Crippen LogP contribution in [0.15, 0.2) is 12.1 Å². The number of nitrogen functional groups attached to an aromatic ring is 1. The molecule has 2 aromatic rings. The van der Waals surface area contributed by atoms with Crippen LogP contribution in [-0.2, 0) is 6.42 Å². The number of hydrogen-bond donors (Lipinski definition) is 2. The highest BCUT2D eigenvalue weighted by Gasteiger charge is 2.18. The highest BCUT2D eigenvalue weighted by Crippen LogP contribution is 2.29. The van der Waals surface area contributed by atoms with Crippen molar-refractivity contribution in [2.45, 2.75) is 20.3 Å². The predicted molar refractivity (Wildman–Crippen MR) is 68.0 cm³/mol. The van der Waals surface area contributed by atoms with Gasteiger partial charge in [0.05, 0.1) is 11.1 Å². The molecule has 19 heavy (non-hydrogen) atoms. The Labute approximate surface area is 108 Å². The second-order valence-electron chi connectivity index (χ2n) is 4.78. The number of anilines is 1. The molecule has 0 amide bonds. The molecule has 2 rings (SSSR count). The minimum Gasteiger partial charge on any atom is -0.323 e. The summed E-state index contributed by atoms with van der Waals surface area (Å²) in [7, 11) is 0. The fourth-order valence-electron chi connectivity index (χ4n) is 1.99. The maximum Gasteiger partial charge on any atom is 0.170 e. The molecule has 0 saturated heterocycles. The van der Waals surface area contributed by atoms with Crippen LogP contribution in [-0.4, -0.2) is 4.98 Å². The van der Waals surface area contributed by atoms with Crippen LogP contribution in [0.1, 0.15) is 19.5 Å². The van der Waals surface area contributed by atoms with Gasteiger partial charge in [0.2, 0.25) is 0 Å². The molecule has 0 fully saturated rings. The zero-order chi connectivity index (χ0) is 14.2. The summed E-state index contributed by atoms with van der Waals surface area (Å²) < 4.78 is 40.7. The molecule has 1 aromatic carbocycles. The Kier molecular flexibility index (Phi) is 3.61. The maximum absolute atomic E-state index is 13.7. The first kappa shape index (κ1) is 13.6. The normalized spacial score (nSPS) is 11.3. The number of nitrogens with two attached hydrogens (primary N) is 1. The first-order valence-electron chi connectivity index (χ1n) is 5.87. The van der Waals surface area contributed by atoms with Gasteiger partial charge in [-0.3, -0.25) is 5.84 Å². The fourth-order valence-corrected chi connectivity index (χ4v) is 1.99. The molecule has 0 aliphatic heterocycles. The third-order valence-electron chi connectivity index (χ3n) is 2.75. The molecule has 6 heteroatoms. The molecule has 1 heterocycles. The van der Waals surface area contributed by atoms with Crippen molar-refractivity contribution < 1.29 is 13.2 Å². The number of aromatic nitrogens is 1. The Balaban J connectivity index is 2.77. The Hall–Kier alpha value is -1.82. The Morgan fingerprint density at radius 3 is 2.47 bits per heavy atom. The molecule has 0 radical (unpaired) electrons. The third kappa shape index (κ3) is 2.49. The monoisotopic (exact) mass is 269 g/mol. The first-order chi connectivity index (χ1) is 8.93. The van der Waals surface area contributed by atoms with E-state index in [1.807, 2.05) is 13.8 Å². The Morgan fingerprint density at radius 1 is 1.21 bits per heavy atom. The average molecular weight is 269 g/mol. The predicted octanol–water partition coefficient (Wildman–Crippen LogP) is 3.14. The van der Waals surface area contributed by atoms with E-state index in [2.05, 4.69) is 10.4 Å². The van der Waals surface area contributed by atoms with Gasteiger partial charge in [0, 0.05) is 11.8 Å². The van der Waals surface area contributed by atoms with Gasteiger partial charge in [-0.1, -0.05) is 13.8 Å². The van der Waals surface area contributed by atoms with Gasteiger partial charge in [-0.2, -0.15) is 0 Å². The summed E-state index contributed by atoms with van der Waals surface area (Å²) in [6.07, 6.45) is 0.586. The second kappa shape index (κ2) is 5.05. The molecular weight excluding hydrogens is 255 g/mol. The third-order valence-corrected chi connectivity index (χ3v) is 2.75. The summed E-state index contributed by atoms with van der Waals surface area (Å²) in [6, 6.07) is 1.99. The lowest BCUT2D eigenvalue weighted by Crippen LogP contribution is -2.11. The minimum atomic E-state index is -1.26. The molecule has 3 nitrogen and oxygen atoms in total. The van der Waals surface area contributed by atoms with E-state index < -0.39 is 17.5 Å². The van der Waals surface area contributed by atoms with E-state index in [0.29, 0.717) is 24.1 Å². The van der Waals surface area contributed by atoms with Crippen molar-refractivity contribution in [1.82, 2.24) is 4.98 Å². The number of nitrogens with zero attached hydrogens (tertiary/aromatic N) is 1. The van der Waals surface area contributed by atoms with Gasteiger partial charge in [-0.05, 0) is 18.4 Å². The van der Waals surface area contributed by atoms with Crippen LogP contribution in [0.25, 0.3) is 10.9 Å². The van der Waals surface area contributed by atoms with Crippen molar-refractivity contribution in [2.75, 3.05) is 5.43 Å². The molecule has 0 aliphatic rings. The van der Waals surface area contributed by atoms with Crippen LogP contribution in [0.3, 0.4) is 0 Å². The van der Waals surface area contributed by atoms with E-state index in [1.165, 1.54) is 6.07 Å². The molecule has 0 aliphatic carbocycles. The van der Waals surface area contributed by atoms with E-state index in [4.69, 9.17) is 5.84 Å². The SMILES string of the molecule is CC(C)Cc1cc(NN)c2c(F)c(F)cc(F)c2n1. The first-order valence-corrected chi connectivity index (χ1v) is 5.87. The van der Waals surface area contributed by atoms with E-state index in [1.54, 1.807) is 0 Å². The zero-order valence-corrected chi connectivity index (χ0v) is 10.6. The van der Waals surface area contributed by atoms with Crippen LogP contribution in [0, 0.1) is 23.4 Å². The molecule has 0 unspecified atom stereocenters. The van der Waals surface area contributed by atoms with Crippen molar-refractivity contribution in [1.29, 1.82) is 0 Å². The number of halogens is 3. The lowest BCUT2D eigenvalue weighted by molar-refractivity contribution is 0.505. The largest absolute Gasteiger partial charge is 0.323 e. The lowest BCUT2D eigenvalue weighted by Gasteiger charge is -2.12. The Morgan fingerprint density at radius 2 is 1.89 bits per heavy atom. The minimum absolute atomic E-state index is 0.122. The summed E-state index contributed by atoms with van der Waals surface area (Å²) in [5, 5.41) is -0.271. The van der Waals surface area contributed by atoms with E-state index in [9.17, 15) is 13.2 Å². The van der Waals surface area contributed by atoms with Crippen molar-refractivity contribution in [3.05, 3.63) is 35.3 Å². The molecule has 0 spiro atoms. The maximum atomic E-state index is 13.7. The summed E-state index contributed by atoms with van der Waals surface area (Å²) >= 11 is 0. The number of hydrazine groups is 1. The summed E-state index contributed by atoms with van der Waals surface area (Å²) in [6.45, 7) is 3.95. The highest BCUT2D eigenvalue weighted by molar-refractivity contribution is 5.92. The van der Waals surface area contributed by atoms with Gasteiger partial charge in [0.25, 0.3) is 0 Å². The molecular formula is C13H14F3N3. The second-order valence-corrected chi connectivity index (χ2v) is 4.78. The molecule has 0 atom stereocenters. The number of rotatable bonds is 3. The summed E-state index contributed by atoms with van der Waals surface area (Å²) in [5.41, 5.74) is 2.74. The summed E-state index contributed by atoms with van der Waals surface area (Å²) in [5.74, 6) is 2.26. The molecule has 1 aromatic heterocycles. The van der Waals surface area contributed by atoms with Crippen LogP contribution in [0.4, 0.5) is 18.9 Å². The average Bonchev–Trinajstić information content (AvgIpc) is 2.34. The van der Waals surface area contributed by atoms with Gasteiger partial charge >= 0.3 is 0 Å². The van der Waals surface area contributed by atoms with E-state index >= 15 is 0 Å². The van der Waals surface area contributed by atoms with Gasteiger partial charge in [0.1, 0.15) is 5.52 Å². The number of fused-ring (bicyclic) bond motifs is 1. The van der Waals surface area contributed by atoms with Crippen molar-refractivity contribution in [2.24, 2.45) is 11.8 Å².